The number of rotatable bonds is 7. The minimum atomic E-state index is -0.385. The highest BCUT2D eigenvalue weighted by Crippen LogP contribution is 2.35. The zero-order chi connectivity index (χ0) is 22.7. The Morgan fingerprint density at radius 1 is 1.12 bits per heavy atom. The number of benzene rings is 2. The fraction of sp³-hybridized carbons (Fsp3) is 0.174. The van der Waals surface area contributed by atoms with Gasteiger partial charge in [0, 0.05) is 29.8 Å². The van der Waals surface area contributed by atoms with Gasteiger partial charge in [0.25, 0.3) is 0 Å². The molecule has 0 bridgehead atoms. The zero-order valence-corrected chi connectivity index (χ0v) is 19.0. The van der Waals surface area contributed by atoms with Gasteiger partial charge in [0.2, 0.25) is 5.91 Å². The van der Waals surface area contributed by atoms with Gasteiger partial charge in [-0.2, -0.15) is 5.10 Å². The molecule has 1 atom stereocenters. The highest BCUT2D eigenvalue weighted by molar-refractivity contribution is 6.35. The fourth-order valence-electron chi connectivity index (χ4n) is 3.30. The SMILES string of the molecule is CCC(=O)Nc1ccccc1Nc1n[nH]c2ccc(O[C@H](C)c3c(Cl)cncc3Cl)cc12. The second-order valence-corrected chi connectivity index (χ2v) is 7.94. The van der Waals surface area contributed by atoms with E-state index >= 15 is 0 Å². The highest BCUT2D eigenvalue weighted by atomic mass is 35.5. The van der Waals surface area contributed by atoms with Gasteiger partial charge < -0.3 is 15.4 Å². The van der Waals surface area contributed by atoms with Crippen molar-refractivity contribution in [2.45, 2.75) is 26.4 Å². The third kappa shape index (κ3) is 4.64. The van der Waals surface area contributed by atoms with E-state index in [0.717, 1.165) is 16.6 Å². The predicted molar refractivity (Wildman–Crippen MR) is 128 cm³/mol. The lowest BCUT2D eigenvalue weighted by Gasteiger charge is -2.17. The summed E-state index contributed by atoms with van der Waals surface area (Å²) in [5, 5.41) is 15.3. The van der Waals surface area contributed by atoms with E-state index in [0.29, 0.717) is 39.3 Å². The van der Waals surface area contributed by atoms with Crippen LogP contribution in [0.5, 0.6) is 5.75 Å². The Bertz CT molecular complexity index is 1250. The minimum absolute atomic E-state index is 0.0655. The maximum Gasteiger partial charge on any atom is 0.224 e. The molecule has 0 saturated carbocycles. The monoisotopic (exact) mass is 469 g/mol. The van der Waals surface area contributed by atoms with E-state index in [4.69, 9.17) is 27.9 Å². The van der Waals surface area contributed by atoms with Gasteiger partial charge in [-0.25, -0.2) is 0 Å². The highest BCUT2D eigenvalue weighted by Gasteiger charge is 2.17. The van der Waals surface area contributed by atoms with Gasteiger partial charge in [-0.15, -0.1) is 0 Å². The molecule has 0 unspecified atom stereocenters. The molecule has 164 valence electrons. The number of nitrogens with zero attached hydrogens (tertiary/aromatic N) is 2. The molecule has 32 heavy (non-hydrogen) atoms. The number of aromatic nitrogens is 3. The molecule has 0 radical (unpaired) electrons. The summed E-state index contributed by atoms with van der Waals surface area (Å²) in [6, 6.07) is 13.1. The quantitative estimate of drug-likeness (QED) is 0.287. The van der Waals surface area contributed by atoms with Crippen LogP contribution in [0, 0.1) is 0 Å². The maximum atomic E-state index is 11.9. The van der Waals surface area contributed by atoms with Gasteiger partial charge in [0.15, 0.2) is 5.82 Å². The largest absolute Gasteiger partial charge is 0.486 e. The van der Waals surface area contributed by atoms with Crippen LogP contribution < -0.4 is 15.4 Å². The molecule has 0 fully saturated rings. The fourth-order valence-corrected chi connectivity index (χ4v) is 3.97. The summed E-state index contributed by atoms with van der Waals surface area (Å²) in [5.41, 5.74) is 2.92. The summed E-state index contributed by atoms with van der Waals surface area (Å²) in [6.07, 6.45) is 3.09. The number of aromatic amines is 1. The van der Waals surface area contributed by atoms with E-state index in [1.54, 1.807) is 19.3 Å². The topological polar surface area (TPSA) is 91.9 Å². The van der Waals surface area contributed by atoms with Crippen LogP contribution in [0.4, 0.5) is 17.2 Å². The average molecular weight is 470 g/mol. The molecule has 2 heterocycles. The number of nitrogens with one attached hydrogen (secondary N) is 3. The first-order valence-electron chi connectivity index (χ1n) is 10.1. The molecule has 4 aromatic rings. The molecule has 7 nitrogen and oxygen atoms in total. The van der Waals surface area contributed by atoms with Crippen molar-refractivity contribution in [3.8, 4) is 5.75 Å². The first-order chi connectivity index (χ1) is 15.5. The number of amides is 1. The Labute approximate surface area is 195 Å². The number of carbonyl (C=O) groups excluding carboxylic acids is 1. The van der Waals surface area contributed by atoms with Crippen LogP contribution >= 0.6 is 23.2 Å². The number of H-pyrrole nitrogens is 1. The number of anilines is 3. The number of fused-ring (bicyclic) bond motifs is 1. The summed E-state index contributed by atoms with van der Waals surface area (Å²) in [6.45, 7) is 3.68. The average Bonchev–Trinajstić information content (AvgIpc) is 3.17. The number of para-hydroxylation sites is 2. The van der Waals surface area contributed by atoms with Crippen molar-refractivity contribution in [3.63, 3.8) is 0 Å². The molecular formula is C23H21Cl2N5O2. The van der Waals surface area contributed by atoms with Crippen LogP contribution in [-0.4, -0.2) is 21.1 Å². The van der Waals surface area contributed by atoms with Crippen molar-refractivity contribution >= 4 is 57.2 Å². The lowest BCUT2D eigenvalue weighted by molar-refractivity contribution is -0.115. The van der Waals surface area contributed by atoms with Gasteiger partial charge in [-0.3, -0.25) is 14.9 Å². The van der Waals surface area contributed by atoms with Crippen molar-refractivity contribution in [2.75, 3.05) is 10.6 Å². The van der Waals surface area contributed by atoms with Gasteiger partial charge in [-0.05, 0) is 37.3 Å². The van der Waals surface area contributed by atoms with Crippen molar-refractivity contribution in [1.82, 2.24) is 15.2 Å². The summed E-state index contributed by atoms with van der Waals surface area (Å²) in [4.78, 5) is 15.8. The third-order valence-corrected chi connectivity index (χ3v) is 5.52. The van der Waals surface area contributed by atoms with E-state index in [-0.39, 0.29) is 12.0 Å². The van der Waals surface area contributed by atoms with Gasteiger partial charge in [0.05, 0.1) is 26.9 Å². The number of pyridine rings is 1. The molecule has 0 aliphatic carbocycles. The normalized spacial score (nSPS) is 11.9. The zero-order valence-electron chi connectivity index (χ0n) is 17.4. The molecular weight excluding hydrogens is 449 g/mol. The van der Waals surface area contributed by atoms with Crippen LogP contribution in [0.3, 0.4) is 0 Å². The molecule has 2 aromatic heterocycles. The Kier molecular flexibility index (Phi) is 6.48. The molecule has 0 spiro atoms. The van der Waals surface area contributed by atoms with E-state index in [2.05, 4.69) is 25.8 Å². The third-order valence-electron chi connectivity index (χ3n) is 4.92. The van der Waals surface area contributed by atoms with Crippen LogP contribution in [0.1, 0.15) is 31.9 Å². The summed E-state index contributed by atoms with van der Waals surface area (Å²) < 4.78 is 6.11. The standard InChI is InChI=1S/C23H21Cl2N5O2/c1-3-21(31)27-19-6-4-5-7-20(19)28-23-15-10-14(8-9-18(15)29-30-23)32-13(2)22-16(24)11-26-12-17(22)25/h4-13H,3H2,1-2H3,(H,27,31)(H2,28,29,30)/t13-/m1/s1. The summed E-state index contributed by atoms with van der Waals surface area (Å²) in [5.74, 6) is 1.17. The van der Waals surface area contributed by atoms with Crippen molar-refractivity contribution < 1.29 is 9.53 Å². The first kappa shape index (κ1) is 21.9. The summed E-state index contributed by atoms with van der Waals surface area (Å²) in [7, 11) is 0. The van der Waals surface area contributed by atoms with E-state index in [9.17, 15) is 4.79 Å². The summed E-state index contributed by atoms with van der Waals surface area (Å²) >= 11 is 12.5. The minimum Gasteiger partial charge on any atom is -0.486 e. The maximum absolute atomic E-state index is 11.9. The lowest BCUT2D eigenvalue weighted by Crippen LogP contribution is -2.11. The Hall–Kier alpha value is -3.29. The molecule has 2 aromatic carbocycles. The molecule has 0 saturated heterocycles. The number of halogens is 2. The van der Waals surface area contributed by atoms with E-state index in [1.165, 1.54) is 0 Å². The number of hydrogen-bond acceptors (Lipinski definition) is 5. The molecule has 4 rings (SSSR count). The van der Waals surface area contributed by atoms with Crippen LogP contribution in [0.15, 0.2) is 54.9 Å². The number of hydrogen-bond donors (Lipinski definition) is 3. The number of ether oxygens (including phenoxy) is 1. The van der Waals surface area contributed by atoms with E-state index < -0.39 is 0 Å². The van der Waals surface area contributed by atoms with Crippen molar-refractivity contribution in [3.05, 3.63) is 70.5 Å². The van der Waals surface area contributed by atoms with Crippen LogP contribution in [0.25, 0.3) is 10.9 Å². The lowest BCUT2D eigenvalue weighted by atomic mass is 10.1. The molecule has 9 heteroatoms. The van der Waals surface area contributed by atoms with Crippen LogP contribution in [-0.2, 0) is 4.79 Å². The second-order valence-electron chi connectivity index (χ2n) is 7.13. The Morgan fingerprint density at radius 3 is 2.56 bits per heavy atom. The number of carbonyl (C=O) groups is 1. The molecule has 3 N–H and O–H groups in total. The van der Waals surface area contributed by atoms with Gasteiger partial charge in [0.1, 0.15) is 11.9 Å². The predicted octanol–water partition coefficient (Wildman–Crippen LogP) is 6.50. The Morgan fingerprint density at radius 2 is 1.84 bits per heavy atom. The molecule has 1 amide bonds. The van der Waals surface area contributed by atoms with E-state index in [1.807, 2.05) is 49.4 Å². The Balaban J connectivity index is 1.61. The molecule has 0 aliphatic heterocycles. The smallest absolute Gasteiger partial charge is 0.224 e. The van der Waals surface area contributed by atoms with Crippen LogP contribution in [0.2, 0.25) is 10.0 Å². The van der Waals surface area contributed by atoms with Gasteiger partial charge in [-0.1, -0.05) is 42.3 Å². The van der Waals surface area contributed by atoms with Crippen molar-refractivity contribution in [2.24, 2.45) is 0 Å². The molecule has 0 aliphatic rings. The van der Waals surface area contributed by atoms with Gasteiger partial charge >= 0.3 is 0 Å². The van der Waals surface area contributed by atoms with Crippen molar-refractivity contribution in [1.29, 1.82) is 0 Å². The second kappa shape index (κ2) is 9.46. The first-order valence-corrected chi connectivity index (χ1v) is 10.8.